The van der Waals surface area contributed by atoms with E-state index in [9.17, 15) is 17.4 Å². The predicted molar refractivity (Wildman–Crippen MR) is 79.8 cm³/mol. The van der Waals surface area contributed by atoms with Crippen LogP contribution in [-0.4, -0.2) is 42.8 Å². The van der Waals surface area contributed by atoms with Crippen molar-refractivity contribution in [3.63, 3.8) is 0 Å². The summed E-state index contributed by atoms with van der Waals surface area (Å²) in [6.07, 6.45) is 2.60. The third kappa shape index (κ3) is 4.61. The Labute approximate surface area is 121 Å². The molecule has 0 spiro atoms. The zero-order valence-electron chi connectivity index (χ0n) is 11.5. The van der Waals surface area contributed by atoms with Crippen LogP contribution in [-0.2, 0) is 20.6 Å². The molecule has 0 fully saturated rings. The van der Waals surface area contributed by atoms with Crippen molar-refractivity contribution in [1.82, 2.24) is 5.32 Å². The minimum Gasteiger partial charge on any atom is -0.399 e. The van der Waals surface area contributed by atoms with Crippen molar-refractivity contribution in [2.45, 2.75) is 17.1 Å². The van der Waals surface area contributed by atoms with Crippen molar-refractivity contribution in [2.75, 3.05) is 24.8 Å². The summed E-state index contributed by atoms with van der Waals surface area (Å²) >= 11 is 0. The molecule has 2 unspecified atom stereocenters. The van der Waals surface area contributed by atoms with Crippen molar-refractivity contribution in [2.24, 2.45) is 0 Å². The summed E-state index contributed by atoms with van der Waals surface area (Å²) in [6, 6.07) is 3.97. The maximum absolute atomic E-state index is 11.9. The van der Waals surface area contributed by atoms with E-state index in [1.54, 1.807) is 13.2 Å². The zero-order chi connectivity index (χ0) is 15.5. The standard InChI is InChI=1S/C12H18N2O4S2/c1-8(19(2)16)7-14-12(15)9-4-10(13)6-11(5-9)20(3,17)18/h4-6,8H,7,13H2,1-3H3,(H,14,15). The summed E-state index contributed by atoms with van der Waals surface area (Å²) in [5.74, 6) is -0.445. The summed E-state index contributed by atoms with van der Waals surface area (Å²) in [4.78, 5) is 11.9. The molecular formula is C12H18N2O4S2. The van der Waals surface area contributed by atoms with Gasteiger partial charge in [0.05, 0.1) is 4.90 Å². The quantitative estimate of drug-likeness (QED) is 0.753. The fourth-order valence-electron chi connectivity index (χ4n) is 1.42. The predicted octanol–water partition coefficient (Wildman–Crippen LogP) is 0.169. The van der Waals surface area contributed by atoms with Gasteiger partial charge >= 0.3 is 0 Å². The van der Waals surface area contributed by atoms with Gasteiger partial charge in [-0.1, -0.05) is 0 Å². The molecule has 1 amide bonds. The van der Waals surface area contributed by atoms with Crippen molar-refractivity contribution in [3.8, 4) is 0 Å². The highest BCUT2D eigenvalue weighted by Crippen LogP contribution is 2.16. The van der Waals surface area contributed by atoms with E-state index in [2.05, 4.69) is 5.32 Å². The molecule has 0 saturated heterocycles. The third-order valence-corrected chi connectivity index (χ3v) is 5.13. The summed E-state index contributed by atoms with van der Waals surface area (Å²) in [5.41, 5.74) is 5.97. The Morgan fingerprint density at radius 1 is 1.40 bits per heavy atom. The Bertz CT molecular complexity index is 641. The molecular weight excluding hydrogens is 300 g/mol. The molecule has 2 atom stereocenters. The number of amides is 1. The van der Waals surface area contributed by atoms with E-state index in [1.807, 2.05) is 0 Å². The van der Waals surface area contributed by atoms with E-state index < -0.39 is 26.5 Å². The van der Waals surface area contributed by atoms with E-state index in [1.165, 1.54) is 18.2 Å². The first-order valence-corrected chi connectivity index (χ1v) is 9.33. The minimum absolute atomic E-state index is 0.00485. The van der Waals surface area contributed by atoms with E-state index >= 15 is 0 Å². The number of hydrogen-bond acceptors (Lipinski definition) is 5. The topological polar surface area (TPSA) is 106 Å². The molecule has 0 bridgehead atoms. The number of carbonyl (C=O) groups excluding carboxylic acids is 1. The maximum atomic E-state index is 11.9. The molecule has 0 aliphatic carbocycles. The summed E-state index contributed by atoms with van der Waals surface area (Å²) < 4.78 is 34.2. The molecule has 1 aromatic rings. The van der Waals surface area contributed by atoms with Crippen molar-refractivity contribution >= 4 is 32.2 Å². The number of sulfone groups is 1. The van der Waals surface area contributed by atoms with E-state index in [-0.39, 0.29) is 27.9 Å². The van der Waals surface area contributed by atoms with Crippen LogP contribution >= 0.6 is 0 Å². The first-order valence-electron chi connectivity index (χ1n) is 5.82. The molecule has 0 aliphatic heterocycles. The van der Waals surface area contributed by atoms with Gasteiger partial charge in [0, 0.05) is 46.4 Å². The smallest absolute Gasteiger partial charge is 0.251 e. The van der Waals surface area contributed by atoms with Gasteiger partial charge in [-0.15, -0.1) is 0 Å². The zero-order valence-corrected chi connectivity index (χ0v) is 13.2. The Balaban J connectivity index is 2.94. The van der Waals surface area contributed by atoms with Crippen LogP contribution in [0.25, 0.3) is 0 Å². The van der Waals surface area contributed by atoms with Gasteiger partial charge in [0.15, 0.2) is 9.84 Å². The molecule has 0 aromatic heterocycles. The van der Waals surface area contributed by atoms with Crippen LogP contribution in [0.5, 0.6) is 0 Å². The van der Waals surface area contributed by atoms with Gasteiger partial charge in [-0.2, -0.15) is 0 Å². The summed E-state index contributed by atoms with van der Waals surface area (Å²) in [5, 5.41) is 2.42. The second kappa shape index (κ2) is 6.36. The molecule has 0 aliphatic rings. The van der Waals surface area contributed by atoms with E-state index in [0.717, 1.165) is 6.26 Å². The Hall–Kier alpha value is -1.41. The summed E-state index contributed by atoms with van der Waals surface area (Å²) in [7, 11) is -4.48. The number of carbonyl (C=O) groups is 1. The number of anilines is 1. The van der Waals surface area contributed by atoms with Gasteiger partial charge < -0.3 is 11.1 Å². The Kier molecular flexibility index (Phi) is 5.29. The first kappa shape index (κ1) is 16.6. The average molecular weight is 318 g/mol. The van der Waals surface area contributed by atoms with Crippen LogP contribution in [0.15, 0.2) is 23.1 Å². The van der Waals surface area contributed by atoms with Crippen LogP contribution in [0.2, 0.25) is 0 Å². The van der Waals surface area contributed by atoms with Gasteiger partial charge in [0.2, 0.25) is 0 Å². The molecule has 112 valence electrons. The van der Waals surface area contributed by atoms with Crippen molar-refractivity contribution in [3.05, 3.63) is 23.8 Å². The van der Waals surface area contributed by atoms with Crippen LogP contribution in [0.1, 0.15) is 17.3 Å². The number of hydrogen-bond donors (Lipinski definition) is 2. The normalized spacial score (nSPS) is 14.6. The van der Waals surface area contributed by atoms with Gasteiger partial charge in [-0.05, 0) is 25.1 Å². The van der Waals surface area contributed by atoms with E-state index in [4.69, 9.17) is 5.73 Å². The maximum Gasteiger partial charge on any atom is 0.251 e. The number of nitrogens with one attached hydrogen (secondary N) is 1. The highest BCUT2D eigenvalue weighted by molar-refractivity contribution is 7.90. The van der Waals surface area contributed by atoms with E-state index in [0.29, 0.717) is 0 Å². The Morgan fingerprint density at radius 3 is 2.50 bits per heavy atom. The highest BCUT2D eigenvalue weighted by atomic mass is 32.2. The monoisotopic (exact) mass is 318 g/mol. The molecule has 6 nitrogen and oxygen atoms in total. The lowest BCUT2D eigenvalue weighted by molar-refractivity contribution is 0.0954. The number of nitrogen functional groups attached to an aromatic ring is 1. The summed E-state index contributed by atoms with van der Waals surface area (Å²) in [6.45, 7) is 1.99. The van der Waals surface area contributed by atoms with Gasteiger partial charge in [0.1, 0.15) is 0 Å². The second-order valence-corrected chi connectivity index (χ2v) is 8.40. The number of nitrogens with two attached hydrogens (primary N) is 1. The van der Waals surface area contributed by atoms with Crippen molar-refractivity contribution in [1.29, 1.82) is 0 Å². The van der Waals surface area contributed by atoms with Crippen molar-refractivity contribution < 1.29 is 17.4 Å². The third-order valence-electron chi connectivity index (χ3n) is 2.74. The number of rotatable bonds is 5. The highest BCUT2D eigenvalue weighted by Gasteiger charge is 2.14. The minimum atomic E-state index is -3.43. The second-order valence-electron chi connectivity index (χ2n) is 4.58. The largest absolute Gasteiger partial charge is 0.399 e. The fraction of sp³-hybridized carbons (Fsp3) is 0.417. The average Bonchev–Trinajstić information content (AvgIpc) is 2.33. The molecule has 1 aromatic carbocycles. The van der Waals surface area contributed by atoms with Crippen LogP contribution in [0.4, 0.5) is 5.69 Å². The van der Waals surface area contributed by atoms with Crippen LogP contribution < -0.4 is 11.1 Å². The lowest BCUT2D eigenvalue weighted by Crippen LogP contribution is -2.32. The molecule has 0 radical (unpaired) electrons. The molecule has 3 N–H and O–H groups in total. The van der Waals surface area contributed by atoms with Gasteiger partial charge in [-0.3, -0.25) is 9.00 Å². The van der Waals surface area contributed by atoms with Crippen LogP contribution in [0, 0.1) is 0 Å². The molecule has 20 heavy (non-hydrogen) atoms. The fourth-order valence-corrected chi connectivity index (χ4v) is 2.43. The molecule has 8 heteroatoms. The van der Waals surface area contributed by atoms with Crippen LogP contribution in [0.3, 0.4) is 0 Å². The SMILES string of the molecule is CC(CNC(=O)c1cc(N)cc(S(C)(=O)=O)c1)S(C)=O. The lowest BCUT2D eigenvalue weighted by atomic mass is 10.2. The molecule has 1 rings (SSSR count). The molecule has 0 saturated carbocycles. The first-order chi connectivity index (χ1) is 9.11. The lowest BCUT2D eigenvalue weighted by Gasteiger charge is -2.11. The van der Waals surface area contributed by atoms with Gasteiger partial charge in [0.25, 0.3) is 5.91 Å². The molecule has 0 heterocycles. The number of benzene rings is 1. The van der Waals surface area contributed by atoms with Gasteiger partial charge in [-0.25, -0.2) is 8.42 Å². The Morgan fingerprint density at radius 2 is 2.00 bits per heavy atom.